The number of anilines is 1. The van der Waals surface area contributed by atoms with Crippen LogP contribution in [0.25, 0.3) is 11.2 Å². The normalized spacial score (nSPS) is 18.5. The molecule has 0 spiro atoms. The number of nitrogens with zero attached hydrogens (tertiary/aromatic N) is 6. The molecule has 3 atom stereocenters. The van der Waals surface area contributed by atoms with Crippen LogP contribution in [-0.4, -0.2) is 61.5 Å². The van der Waals surface area contributed by atoms with Crippen molar-refractivity contribution in [2.24, 2.45) is 0 Å². The summed E-state index contributed by atoms with van der Waals surface area (Å²) in [5, 5.41) is 11.8. The van der Waals surface area contributed by atoms with Crippen molar-refractivity contribution in [3.63, 3.8) is 0 Å². The molecular formula is C27H36N7O4P. The average molecular weight is 554 g/mol. The average Bonchev–Trinajstić information content (AvgIpc) is 3.37. The minimum absolute atomic E-state index is 0.133. The largest absolute Gasteiger partial charge is 0.352 e. The number of nitriles is 1. The van der Waals surface area contributed by atoms with Gasteiger partial charge in [0.25, 0.3) is 14.4 Å². The Bertz CT molecular complexity index is 1260. The molecule has 3 aromatic rings. The maximum atomic E-state index is 12.7. The van der Waals surface area contributed by atoms with Gasteiger partial charge in [0.2, 0.25) is 0 Å². The highest BCUT2D eigenvalue weighted by molar-refractivity contribution is 7.44. The van der Waals surface area contributed by atoms with Crippen LogP contribution in [0.5, 0.6) is 0 Å². The lowest BCUT2D eigenvalue weighted by atomic mass is 10.1. The summed E-state index contributed by atoms with van der Waals surface area (Å²) in [5.41, 5.74) is 1.63. The molecule has 1 aromatic carbocycles. The Kier molecular flexibility index (Phi) is 10.3. The van der Waals surface area contributed by atoms with E-state index in [4.69, 9.17) is 19.0 Å². The van der Waals surface area contributed by atoms with Crippen molar-refractivity contribution in [1.29, 1.82) is 5.26 Å². The second-order valence-corrected chi connectivity index (χ2v) is 11.3. The van der Waals surface area contributed by atoms with Crippen molar-refractivity contribution in [2.45, 2.75) is 77.8 Å². The summed E-state index contributed by atoms with van der Waals surface area (Å²) in [6, 6.07) is 11.5. The van der Waals surface area contributed by atoms with Crippen molar-refractivity contribution in [1.82, 2.24) is 24.2 Å². The zero-order valence-electron chi connectivity index (χ0n) is 22.9. The van der Waals surface area contributed by atoms with Gasteiger partial charge in [-0.25, -0.2) is 19.6 Å². The van der Waals surface area contributed by atoms with Gasteiger partial charge in [0.1, 0.15) is 12.6 Å². The van der Waals surface area contributed by atoms with Crippen LogP contribution in [0, 0.1) is 11.3 Å². The lowest BCUT2D eigenvalue weighted by Crippen LogP contribution is -2.35. The molecule has 1 aliphatic rings. The van der Waals surface area contributed by atoms with Gasteiger partial charge in [-0.1, -0.05) is 18.2 Å². The van der Waals surface area contributed by atoms with Crippen LogP contribution in [0.4, 0.5) is 5.82 Å². The number of amides is 1. The first kappa shape index (κ1) is 29.0. The first-order chi connectivity index (χ1) is 18.9. The van der Waals surface area contributed by atoms with E-state index in [1.807, 2.05) is 22.8 Å². The molecule has 208 valence electrons. The first-order valence-electron chi connectivity index (χ1n) is 13.3. The zero-order chi connectivity index (χ0) is 27.8. The molecule has 2 unspecified atom stereocenters. The summed E-state index contributed by atoms with van der Waals surface area (Å²) in [5.74, 6) is 0.0903. The van der Waals surface area contributed by atoms with E-state index in [1.165, 1.54) is 6.33 Å². The molecule has 0 aliphatic carbocycles. The van der Waals surface area contributed by atoms with E-state index in [2.05, 4.69) is 58.7 Å². The standard InChI is InChI=1S/C27H36N7O4P/c1-19(2)34(20(3)4)39(36-15-9-14-28)37-16-22-12-8-13-23(38-22)33-18-31-24-25(29-17-30-26(24)33)32-27(35)21-10-6-5-7-11-21/h5-7,10-11,17-20,22-23H,8-9,12-13,15-16H2,1-4H3,(H,29,30,32,35)/t22?,23-,39?/m1/s1. The Morgan fingerprint density at radius 1 is 1.18 bits per heavy atom. The molecule has 0 saturated carbocycles. The molecule has 1 fully saturated rings. The Morgan fingerprint density at radius 2 is 1.95 bits per heavy atom. The molecule has 4 rings (SSSR count). The summed E-state index contributed by atoms with van der Waals surface area (Å²) in [4.78, 5) is 25.9. The van der Waals surface area contributed by atoms with Crippen LogP contribution >= 0.6 is 8.53 Å². The monoisotopic (exact) mass is 553 g/mol. The highest BCUT2D eigenvalue weighted by Crippen LogP contribution is 2.46. The number of fused-ring (bicyclic) bond motifs is 1. The van der Waals surface area contributed by atoms with Crippen LogP contribution in [0.1, 0.15) is 70.0 Å². The second-order valence-electron chi connectivity index (χ2n) is 9.85. The van der Waals surface area contributed by atoms with E-state index < -0.39 is 8.53 Å². The van der Waals surface area contributed by atoms with Crippen molar-refractivity contribution in [3.8, 4) is 6.07 Å². The van der Waals surface area contributed by atoms with Crippen molar-refractivity contribution >= 4 is 31.4 Å². The lowest BCUT2D eigenvalue weighted by Gasteiger charge is -2.37. The van der Waals surface area contributed by atoms with Gasteiger partial charge in [0.05, 0.1) is 38.1 Å². The molecule has 1 amide bonds. The molecule has 0 radical (unpaired) electrons. The van der Waals surface area contributed by atoms with Crippen LogP contribution in [-0.2, 0) is 13.8 Å². The van der Waals surface area contributed by atoms with Gasteiger partial charge in [-0.05, 0) is 59.1 Å². The Morgan fingerprint density at radius 3 is 2.67 bits per heavy atom. The van der Waals surface area contributed by atoms with Crippen molar-refractivity contribution in [3.05, 3.63) is 48.5 Å². The van der Waals surface area contributed by atoms with Gasteiger partial charge in [-0.2, -0.15) is 5.26 Å². The van der Waals surface area contributed by atoms with Gasteiger partial charge in [-0.3, -0.25) is 9.36 Å². The van der Waals surface area contributed by atoms with Gasteiger partial charge < -0.3 is 19.1 Å². The second kappa shape index (κ2) is 13.9. The summed E-state index contributed by atoms with van der Waals surface area (Å²) in [6.07, 6.45) is 5.62. The minimum Gasteiger partial charge on any atom is -0.352 e. The molecule has 1 aliphatic heterocycles. The van der Waals surface area contributed by atoms with Crippen molar-refractivity contribution in [2.75, 3.05) is 18.5 Å². The fraction of sp³-hybridized carbons (Fsp3) is 0.519. The molecule has 0 bridgehead atoms. The number of carbonyl (C=O) groups excluding carboxylic acids is 1. The molecule has 1 saturated heterocycles. The quantitative estimate of drug-likeness (QED) is 0.230. The minimum atomic E-state index is -1.34. The van der Waals surface area contributed by atoms with E-state index in [0.717, 1.165) is 19.3 Å². The Labute approximate surface area is 230 Å². The maximum Gasteiger partial charge on any atom is 0.259 e. The number of rotatable bonds is 12. The van der Waals surface area contributed by atoms with E-state index in [-0.39, 0.29) is 30.3 Å². The predicted molar refractivity (Wildman–Crippen MR) is 149 cm³/mol. The van der Waals surface area contributed by atoms with Gasteiger partial charge in [0.15, 0.2) is 17.0 Å². The summed E-state index contributed by atoms with van der Waals surface area (Å²) in [6.45, 7) is 9.16. The smallest absolute Gasteiger partial charge is 0.259 e. The third kappa shape index (κ3) is 7.35. The number of carbonyl (C=O) groups is 1. The number of nitrogens with one attached hydrogen (secondary N) is 1. The summed E-state index contributed by atoms with van der Waals surface area (Å²) in [7, 11) is -1.34. The number of ether oxygens (including phenoxy) is 1. The summed E-state index contributed by atoms with van der Waals surface area (Å²) < 4.78 is 22.9. The van der Waals surface area contributed by atoms with E-state index >= 15 is 0 Å². The number of benzene rings is 1. The SMILES string of the molecule is CC(C)N(C(C)C)P(OCCC#N)OCC1CCC[C@H](n2cnc3c(NC(=O)c4ccccc4)ncnc32)O1. The van der Waals surface area contributed by atoms with E-state index in [1.54, 1.807) is 18.5 Å². The molecule has 39 heavy (non-hydrogen) atoms. The lowest BCUT2D eigenvalue weighted by molar-refractivity contribution is -0.103. The van der Waals surface area contributed by atoms with Crippen molar-refractivity contribution < 1.29 is 18.6 Å². The van der Waals surface area contributed by atoms with Gasteiger partial charge in [0, 0.05) is 17.6 Å². The molecule has 2 aromatic heterocycles. The highest BCUT2D eigenvalue weighted by atomic mass is 31.2. The molecule has 11 nitrogen and oxygen atoms in total. The molecular weight excluding hydrogens is 517 g/mol. The highest BCUT2D eigenvalue weighted by Gasteiger charge is 2.31. The maximum absolute atomic E-state index is 12.7. The van der Waals surface area contributed by atoms with E-state index in [9.17, 15) is 4.79 Å². The van der Waals surface area contributed by atoms with Crippen LogP contribution < -0.4 is 5.32 Å². The topological polar surface area (TPSA) is 127 Å². The molecule has 1 N–H and O–H groups in total. The predicted octanol–water partition coefficient (Wildman–Crippen LogP) is 5.44. The Balaban J connectivity index is 1.44. The number of imidazole rings is 1. The fourth-order valence-electron chi connectivity index (χ4n) is 4.59. The zero-order valence-corrected chi connectivity index (χ0v) is 23.8. The van der Waals surface area contributed by atoms with Gasteiger partial charge >= 0.3 is 0 Å². The van der Waals surface area contributed by atoms with Crippen LogP contribution in [0.15, 0.2) is 43.0 Å². The van der Waals surface area contributed by atoms with Gasteiger partial charge in [-0.15, -0.1) is 0 Å². The number of hydrogen-bond acceptors (Lipinski definition) is 9. The third-order valence-electron chi connectivity index (χ3n) is 6.30. The molecule has 12 heteroatoms. The molecule has 3 heterocycles. The van der Waals surface area contributed by atoms with Crippen LogP contribution in [0.3, 0.4) is 0 Å². The first-order valence-corrected chi connectivity index (χ1v) is 14.4. The Hall–Kier alpha value is -3.00. The third-order valence-corrected chi connectivity index (χ3v) is 8.37. The van der Waals surface area contributed by atoms with Crippen LogP contribution in [0.2, 0.25) is 0 Å². The number of aromatic nitrogens is 4. The number of hydrogen-bond donors (Lipinski definition) is 1. The van der Waals surface area contributed by atoms with E-state index in [0.29, 0.717) is 42.2 Å². The fourth-order valence-corrected chi connectivity index (χ4v) is 6.23. The summed E-state index contributed by atoms with van der Waals surface area (Å²) >= 11 is 0.